The van der Waals surface area contributed by atoms with E-state index >= 15 is 0 Å². The van der Waals surface area contributed by atoms with E-state index in [1.165, 1.54) is 37.1 Å². The molecule has 0 aromatic carbocycles. The minimum atomic E-state index is 0.336. The Balaban J connectivity index is 1.57. The van der Waals surface area contributed by atoms with E-state index in [9.17, 15) is 5.11 Å². The van der Waals surface area contributed by atoms with Gasteiger partial charge in [0.25, 0.3) is 0 Å². The molecule has 21 heavy (non-hydrogen) atoms. The number of hydrogen-bond acceptors (Lipinski definition) is 3. The molecule has 1 saturated carbocycles. The zero-order valence-electron chi connectivity index (χ0n) is 12.4. The summed E-state index contributed by atoms with van der Waals surface area (Å²) in [6, 6.07) is 6.28. The van der Waals surface area contributed by atoms with Crippen molar-refractivity contribution >= 4 is 17.4 Å². The molecule has 3 rings (SSSR count). The van der Waals surface area contributed by atoms with Crippen LogP contribution in [0.2, 0.25) is 0 Å². The average Bonchev–Trinajstić information content (AvgIpc) is 3.18. The van der Waals surface area contributed by atoms with Crippen molar-refractivity contribution in [3.63, 3.8) is 0 Å². The molecule has 3 nitrogen and oxygen atoms in total. The predicted molar refractivity (Wildman–Crippen MR) is 87.7 cm³/mol. The number of fused-ring (bicyclic) bond motifs is 1. The lowest BCUT2D eigenvalue weighted by Crippen LogP contribution is -2.14. The molecule has 2 aromatic heterocycles. The molecule has 2 aromatic rings. The van der Waals surface area contributed by atoms with Crippen molar-refractivity contribution in [2.24, 2.45) is 11.8 Å². The quantitative estimate of drug-likeness (QED) is 0.786. The molecule has 0 bridgehead atoms. The Morgan fingerprint density at radius 1 is 1.29 bits per heavy atom. The van der Waals surface area contributed by atoms with E-state index in [4.69, 9.17) is 0 Å². The molecule has 0 spiro atoms. The van der Waals surface area contributed by atoms with Crippen LogP contribution in [0.5, 0.6) is 0 Å². The van der Waals surface area contributed by atoms with Gasteiger partial charge in [-0.05, 0) is 42.6 Å². The summed E-state index contributed by atoms with van der Waals surface area (Å²) in [4.78, 5) is 4.33. The van der Waals surface area contributed by atoms with Crippen molar-refractivity contribution in [3.05, 3.63) is 30.6 Å². The van der Waals surface area contributed by atoms with Gasteiger partial charge in [0.1, 0.15) is 5.65 Å². The third kappa shape index (κ3) is 3.61. The summed E-state index contributed by atoms with van der Waals surface area (Å²) in [7, 11) is 0. The van der Waals surface area contributed by atoms with E-state index in [1.807, 2.05) is 30.2 Å². The Morgan fingerprint density at radius 3 is 2.95 bits per heavy atom. The number of pyridine rings is 1. The number of aliphatic hydroxyl groups excluding tert-OH is 1. The smallest absolute Gasteiger partial charge is 0.137 e. The van der Waals surface area contributed by atoms with E-state index in [-0.39, 0.29) is 0 Å². The van der Waals surface area contributed by atoms with Crippen molar-refractivity contribution in [1.82, 2.24) is 9.38 Å². The average molecular weight is 304 g/mol. The maximum Gasteiger partial charge on any atom is 0.137 e. The van der Waals surface area contributed by atoms with Gasteiger partial charge in [-0.25, -0.2) is 4.98 Å². The molecule has 2 heterocycles. The third-order valence-electron chi connectivity index (χ3n) is 4.70. The number of hydrogen-bond donors (Lipinski definition) is 1. The summed E-state index contributed by atoms with van der Waals surface area (Å²) < 4.78 is 2.15. The Hall–Kier alpha value is -1.00. The van der Waals surface area contributed by atoms with Gasteiger partial charge in [0, 0.05) is 19.0 Å². The lowest BCUT2D eigenvalue weighted by Gasteiger charge is -2.22. The van der Waals surface area contributed by atoms with Gasteiger partial charge in [-0.3, -0.25) is 4.40 Å². The van der Waals surface area contributed by atoms with Crippen molar-refractivity contribution in [1.29, 1.82) is 0 Å². The molecular weight excluding hydrogens is 280 g/mol. The van der Waals surface area contributed by atoms with Crippen LogP contribution in [0.3, 0.4) is 0 Å². The van der Waals surface area contributed by atoms with Gasteiger partial charge < -0.3 is 5.11 Å². The highest BCUT2D eigenvalue weighted by Gasteiger charge is 2.24. The van der Waals surface area contributed by atoms with Crippen molar-refractivity contribution in [2.45, 2.75) is 43.6 Å². The van der Waals surface area contributed by atoms with E-state index in [2.05, 4.69) is 21.5 Å². The first-order valence-electron chi connectivity index (χ1n) is 8.04. The second-order valence-electron chi connectivity index (χ2n) is 5.97. The van der Waals surface area contributed by atoms with Gasteiger partial charge in [-0.15, -0.1) is 11.8 Å². The molecule has 4 heteroatoms. The zero-order valence-corrected chi connectivity index (χ0v) is 13.3. The fourth-order valence-corrected chi connectivity index (χ4v) is 4.66. The molecule has 1 fully saturated rings. The highest BCUT2D eigenvalue weighted by atomic mass is 32.2. The van der Waals surface area contributed by atoms with Gasteiger partial charge in [0.05, 0.1) is 5.03 Å². The fraction of sp³-hybridized carbons (Fsp3) is 0.588. The van der Waals surface area contributed by atoms with Crippen molar-refractivity contribution in [3.8, 4) is 0 Å². The summed E-state index contributed by atoms with van der Waals surface area (Å²) in [5.74, 6) is 2.67. The van der Waals surface area contributed by atoms with E-state index in [1.54, 1.807) is 0 Å². The molecule has 1 atom stereocenters. The summed E-state index contributed by atoms with van der Waals surface area (Å²) in [6.45, 7) is 0.336. The first-order chi connectivity index (χ1) is 10.4. The van der Waals surface area contributed by atoms with Crippen LogP contribution in [0.1, 0.15) is 38.5 Å². The Labute approximate surface area is 130 Å². The number of thioether (sulfide) groups is 1. The van der Waals surface area contributed by atoms with Crippen LogP contribution >= 0.6 is 11.8 Å². The highest BCUT2D eigenvalue weighted by molar-refractivity contribution is 7.99. The topological polar surface area (TPSA) is 37.5 Å². The number of aliphatic hydroxyl groups is 1. The second-order valence-corrected chi connectivity index (χ2v) is 7.09. The molecule has 0 amide bonds. The zero-order chi connectivity index (χ0) is 14.5. The number of rotatable bonds is 7. The van der Waals surface area contributed by atoms with Crippen LogP contribution in [-0.2, 0) is 0 Å². The van der Waals surface area contributed by atoms with Gasteiger partial charge in [0.2, 0.25) is 0 Å². The van der Waals surface area contributed by atoms with E-state index in [0.29, 0.717) is 12.5 Å². The molecule has 1 N–H and O–H groups in total. The van der Waals surface area contributed by atoms with Crippen molar-refractivity contribution < 1.29 is 5.11 Å². The molecule has 1 aliphatic carbocycles. The normalized spacial score (nSPS) is 17.6. The van der Waals surface area contributed by atoms with Crippen LogP contribution in [0.4, 0.5) is 0 Å². The van der Waals surface area contributed by atoms with Gasteiger partial charge in [0.15, 0.2) is 0 Å². The lowest BCUT2D eigenvalue weighted by molar-refractivity contribution is 0.216. The molecule has 114 valence electrons. The van der Waals surface area contributed by atoms with E-state index < -0.39 is 0 Å². The monoisotopic (exact) mass is 304 g/mol. The second kappa shape index (κ2) is 7.32. The summed E-state index contributed by atoms with van der Waals surface area (Å²) >= 11 is 1.91. The van der Waals surface area contributed by atoms with Gasteiger partial charge >= 0.3 is 0 Å². The van der Waals surface area contributed by atoms with Crippen LogP contribution in [0.25, 0.3) is 5.65 Å². The van der Waals surface area contributed by atoms with Crippen molar-refractivity contribution in [2.75, 3.05) is 12.4 Å². The van der Waals surface area contributed by atoms with Gasteiger partial charge in [-0.2, -0.15) is 0 Å². The summed E-state index contributed by atoms with van der Waals surface area (Å²) in [5.41, 5.74) is 1.02. The molecule has 0 radical (unpaired) electrons. The summed E-state index contributed by atoms with van der Waals surface area (Å²) in [6.07, 6.45) is 11.6. The first kappa shape index (κ1) is 14.9. The Morgan fingerprint density at radius 2 is 2.14 bits per heavy atom. The number of imidazole rings is 1. The maximum absolute atomic E-state index is 9.31. The molecular formula is C17H24N2OS. The SMILES string of the molecule is OCCC(CCSc1cccc2nccn12)C1CCCC1. The van der Waals surface area contributed by atoms with Crippen LogP contribution in [-0.4, -0.2) is 26.9 Å². The van der Waals surface area contributed by atoms with Crippen LogP contribution in [0.15, 0.2) is 35.6 Å². The lowest BCUT2D eigenvalue weighted by atomic mass is 9.86. The standard InChI is InChI=1S/C17H24N2OS/c20-12-8-15(14-4-1-2-5-14)9-13-21-17-7-3-6-16-18-10-11-19(16)17/h3,6-7,10-11,14-15,20H,1-2,4-5,8-9,12-13H2. The summed E-state index contributed by atoms with van der Waals surface area (Å²) in [5, 5.41) is 10.6. The molecule has 1 unspecified atom stereocenters. The van der Waals surface area contributed by atoms with Crippen LogP contribution in [0, 0.1) is 11.8 Å². The number of aromatic nitrogens is 2. The highest BCUT2D eigenvalue weighted by Crippen LogP contribution is 2.36. The van der Waals surface area contributed by atoms with Gasteiger partial charge in [-0.1, -0.05) is 31.7 Å². The molecule has 0 saturated heterocycles. The third-order valence-corrected chi connectivity index (χ3v) is 5.76. The molecule has 0 aliphatic heterocycles. The minimum Gasteiger partial charge on any atom is -0.396 e. The first-order valence-corrected chi connectivity index (χ1v) is 9.03. The van der Waals surface area contributed by atoms with Crippen LogP contribution < -0.4 is 0 Å². The maximum atomic E-state index is 9.31. The number of nitrogens with zero attached hydrogens (tertiary/aromatic N) is 2. The predicted octanol–water partition coefficient (Wildman–Crippen LogP) is 4.01. The Kier molecular flexibility index (Phi) is 5.20. The molecule has 1 aliphatic rings. The largest absolute Gasteiger partial charge is 0.396 e. The fourth-order valence-electron chi connectivity index (χ4n) is 3.56. The Bertz CT molecular complexity index is 563. The minimum absolute atomic E-state index is 0.336. The van der Waals surface area contributed by atoms with E-state index in [0.717, 1.165) is 23.7 Å².